The molecule has 0 N–H and O–H groups in total. The Kier molecular flexibility index (Phi) is 4.59. The van der Waals surface area contributed by atoms with Crippen LogP contribution in [-0.2, 0) is 4.74 Å². The zero-order valence-corrected chi connectivity index (χ0v) is 9.64. The Morgan fingerprint density at radius 3 is 2.67 bits per heavy atom. The lowest BCUT2D eigenvalue weighted by molar-refractivity contribution is 0.178. The van der Waals surface area contributed by atoms with Crippen LogP contribution in [0.4, 0.5) is 0 Å². The molecule has 1 rings (SSSR count). The van der Waals surface area contributed by atoms with E-state index in [1.54, 1.807) is 0 Å². The maximum Gasteiger partial charge on any atom is 0.0495 e. The highest BCUT2D eigenvalue weighted by Gasteiger charge is 2.21. The van der Waals surface area contributed by atoms with E-state index in [1.807, 2.05) is 0 Å². The summed E-state index contributed by atoms with van der Waals surface area (Å²) in [4.78, 5) is 0. The van der Waals surface area contributed by atoms with Crippen molar-refractivity contribution < 1.29 is 4.74 Å². The summed E-state index contributed by atoms with van der Waals surface area (Å²) < 4.78 is 5.37. The number of hydrogen-bond donors (Lipinski definition) is 0. The largest absolute Gasteiger partial charge is 0.381 e. The van der Waals surface area contributed by atoms with Crippen molar-refractivity contribution in [3.63, 3.8) is 0 Å². The lowest BCUT2D eigenvalue weighted by Crippen LogP contribution is -2.15. The van der Waals surface area contributed by atoms with Crippen LogP contribution >= 0.6 is 15.9 Å². The van der Waals surface area contributed by atoms with Gasteiger partial charge in [0.25, 0.3) is 0 Å². The van der Waals surface area contributed by atoms with Gasteiger partial charge in [0.05, 0.1) is 0 Å². The molecule has 0 aromatic rings. The Labute approximate surface area is 84.0 Å². The quantitative estimate of drug-likeness (QED) is 0.680. The Morgan fingerprint density at radius 1 is 1.50 bits per heavy atom. The molecule has 0 aromatic carbocycles. The second kappa shape index (κ2) is 5.23. The van der Waals surface area contributed by atoms with Gasteiger partial charge in [-0.2, -0.15) is 0 Å². The Morgan fingerprint density at radius 2 is 2.25 bits per heavy atom. The molecule has 0 amide bonds. The molecule has 0 saturated carbocycles. The Balaban J connectivity index is 2.26. The minimum atomic E-state index is 0.796. The second-order valence-corrected chi connectivity index (χ2v) is 4.77. The zero-order chi connectivity index (χ0) is 8.97. The average Bonchev–Trinajstić information content (AvgIpc) is 2.51. The smallest absolute Gasteiger partial charge is 0.0495 e. The molecule has 72 valence electrons. The summed E-state index contributed by atoms with van der Waals surface area (Å²) in [6.07, 6.45) is 2.61. The lowest BCUT2D eigenvalue weighted by Gasteiger charge is -2.20. The van der Waals surface area contributed by atoms with E-state index in [0.29, 0.717) is 0 Å². The zero-order valence-electron chi connectivity index (χ0n) is 8.05. The summed E-state index contributed by atoms with van der Waals surface area (Å²) in [5.74, 6) is 2.46. The molecule has 2 heteroatoms. The standard InChI is InChI=1S/C10H19BrO/c1-8(2)10(6-11)5-9-3-4-12-7-9/h8-10H,3-7H2,1-2H3. The highest BCUT2D eigenvalue weighted by molar-refractivity contribution is 9.09. The summed E-state index contributed by atoms with van der Waals surface area (Å²) >= 11 is 3.58. The topological polar surface area (TPSA) is 9.23 Å². The molecule has 0 bridgehead atoms. The third kappa shape index (κ3) is 3.06. The van der Waals surface area contributed by atoms with E-state index in [1.165, 1.54) is 12.8 Å². The molecule has 1 nitrogen and oxygen atoms in total. The summed E-state index contributed by atoms with van der Waals surface area (Å²) in [7, 11) is 0. The Hall–Kier alpha value is 0.440. The molecule has 2 atom stereocenters. The van der Waals surface area contributed by atoms with Crippen molar-refractivity contribution >= 4 is 15.9 Å². The van der Waals surface area contributed by atoms with E-state index in [2.05, 4.69) is 29.8 Å². The first-order valence-electron chi connectivity index (χ1n) is 4.87. The van der Waals surface area contributed by atoms with Crippen molar-refractivity contribution in [3.05, 3.63) is 0 Å². The predicted molar refractivity (Wildman–Crippen MR) is 55.7 cm³/mol. The van der Waals surface area contributed by atoms with Crippen LogP contribution in [0.5, 0.6) is 0 Å². The highest BCUT2D eigenvalue weighted by atomic mass is 79.9. The maximum atomic E-state index is 5.37. The number of alkyl halides is 1. The van der Waals surface area contributed by atoms with Gasteiger partial charge in [-0.3, -0.25) is 0 Å². The van der Waals surface area contributed by atoms with Crippen LogP contribution in [0.3, 0.4) is 0 Å². The normalized spacial score (nSPS) is 26.5. The van der Waals surface area contributed by atoms with Crippen LogP contribution in [0, 0.1) is 17.8 Å². The van der Waals surface area contributed by atoms with Gasteiger partial charge >= 0.3 is 0 Å². The molecule has 0 spiro atoms. The van der Waals surface area contributed by atoms with Gasteiger partial charge in [0.1, 0.15) is 0 Å². The molecule has 12 heavy (non-hydrogen) atoms. The molecule has 0 radical (unpaired) electrons. The van der Waals surface area contributed by atoms with Gasteiger partial charge in [-0.05, 0) is 30.6 Å². The number of rotatable bonds is 4. The van der Waals surface area contributed by atoms with Crippen LogP contribution in [-0.4, -0.2) is 18.5 Å². The van der Waals surface area contributed by atoms with Crippen molar-refractivity contribution in [2.24, 2.45) is 17.8 Å². The average molecular weight is 235 g/mol. The van der Waals surface area contributed by atoms with Gasteiger partial charge < -0.3 is 4.74 Å². The van der Waals surface area contributed by atoms with Crippen LogP contribution in [0.2, 0.25) is 0 Å². The molecule has 0 aliphatic carbocycles. The fourth-order valence-electron chi connectivity index (χ4n) is 1.71. The number of hydrogen-bond acceptors (Lipinski definition) is 1. The van der Waals surface area contributed by atoms with Crippen LogP contribution in [0.15, 0.2) is 0 Å². The molecule has 1 heterocycles. The van der Waals surface area contributed by atoms with Crippen LogP contribution in [0.1, 0.15) is 26.7 Å². The third-order valence-corrected chi connectivity index (χ3v) is 3.63. The summed E-state index contributed by atoms with van der Waals surface area (Å²) in [5, 5.41) is 1.14. The number of halogens is 1. The van der Waals surface area contributed by atoms with Gasteiger partial charge in [-0.1, -0.05) is 29.8 Å². The SMILES string of the molecule is CC(C)C(CBr)CC1CCOC1. The minimum Gasteiger partial charge on any atom is -0.381 e. The van der Waals surface area contributed by atoms with Gasteiger partial charge in [-0.15, -0.1) is 0 Å². The molecular formula is C10H19BrO. The Bertz CT molecular complexity index is 119. The van der Waals surface area contributed by atoms with Crippen molar-refractivity contribution in [1.29, 1.82) is 0 Å². The van der Waals surface area contributed by atoms with Gasteiger partial charge in [0.15, 0.2) is 0 Å². The minimum absolute atomic E-state index is 0.796. The summed E-state index contributed by atoms with van der Waals surface area (Å²) in [5.41, 5.74) is 0. The highest BCUT2D eigenvalue weighted by Crippen LogP contribution is 2.26. The van der Waals surface area contributed by atoms with Gasteiger partial charge in [0.2, 0.25) is 0 Å². The molecule has 2 unspecified atom stereocenters. The van der Waals surface area contributed by atoms with Crippen molar-refractivity contribution in [2.75, 3.05) is 18.5 Å². The van der Waals surface area contributed by atoms with Crippen LogP contribution in [0.25, 0.3) is 0 Å². The predicted octanol–water partition coefficient (Wildman–Crippen LogP) is 3.08. The van der Waals surface area contributed by atoms with E-state index in [4.69, 9.17) is 4.74 Å². The molecule has 0 aromatic heterocycles. The third-order valence-electron chi connectivity index (χ3n) is 2.80. The van der Waals surface area contributed by atoms with Crippen molar-refractivity contribution in [3.8, 4) is 0 Å². The van der Waals surface area contributed by atoms with E-state index in [-0.39, 0.29) is 0 Å². The first kappa shape index (κ1) is 10.5. The fraction of sp³-hybridized carbons (Fsp3) is 1.00. The fourth-order valence-corrected chi connectivity index (χ4v) is 2.72. The first-order chi connectivity index (χ1) is 5.74. The number of ether oxygens (including phenoxy) is 1. The van der Waals surface area contributed by atoms with E-state index in [9.17, 15) is 0 Å². The summed E-state index contributed by atoms with van der Waals surface area (Å²) in [6, 6.07) is 0. The first-order valence-corrected chi connectivity index (χ1v) is 6.00. The van der Waals surface area contributed by atoms with E-state index >= 15 is 0 Å². The van der Waals surface area contributed by atoms with Crippen LogP contribution < -0.4 is 0 Å². The summed E-state index contributed by atoms with van der Waals surface area (Å²) in [6.45, 7) is 6.59. The monoisotopic (exact) mass is 234 g/mol. The lowest BCUT2D eigenvalue weighted by atomic mass is 9.87. The maximum absolute atomic E-state index is 5.37. The van der Waals surface area contributed by atoms with Crippen molar-refractivity contribution in [1.82, 2.24) is 0 Å². The molecule has 1 aliphatic rings. The van der Waals surface area contributed by atoms with E-state index in [0.717, 1.165) is 36.3 Å². The molecule has 1 saturated heterocycles. The molecular weight excluding hydrogens is 216 g/mol. The molecule has 1 aliphatic heterocycles. The van der Waals surface area contributed by atoms with Gasteiger partial charge in [-0.25, -0.2) is 0 Å². The van der Waals surface area contributed by atoms with E-state index < -0.39 is 0 Å². The second-order valence-electron chi connectivity index (χ2n) is 4.12. The van der Waals surface area contributed by atoms with Gasteiger partial charge in [0, 0.05) is 18.5 Å². The van der Waals surface area contributed by atoms with Crippen molar-refractivity contribution in [2.45, 2.75) is 26.7 Å². The molecule has 1 fully saturated rings.